The Hall–Kier alpha value is -0.610. The van der Waals surface area contributed by atoms with Crippen molar-refractivity contribution in [3.05, 3.63) is 0 Å². The summed E-state index contributed by atoms with van der Waals surface area (Å²) < 4.78 is 0. The van der Waals surface area contributed by atoms with E-state index in [1.807, 2.05) is 14.0 Å². The second-order valence-corrected chi connectivity index (χ2v) is 4.75. The van der Waals surface area contributed by atoms with E-state index in [0.29, 0.717) is 0 Å². The van der Waals surface area contributed by atoms with Gasteiger partial charge in [-0.2, -0.15) is 0 Å². The normalized spacial score (nSPS) is 19.8. The lowest BCUT2D eigenvalue weighted by atomic mass is 9.94. The van der Waals surface area contributed by atoms with Crippen LogP contribution in [0.25, 0.3) is 0 Å². The van der Waals surface area contributed by atoms with Crippen molar-refractivity contribution in [3.63, 3.8) is 0 Å². The minimum absolute atomic E-state index is 0.0216. The van der Waals surface area contributed by atoms with Crippen molar-refractivity contribution in [1.29, 1.82) is 0 Å². The van der Waals surface area contributed by atoms with Crippen LogP contribution in [0.3, 0.4) is 0 Å². The largest absolute Gasteiger partial charge is 0.358 e. The lowest BCUT2D eigenvalue weighted by Gasteiger charge is -2.27. The Morgan fingerprint density at radius 3 is 2.69 bits per heavy atom. The maximum Gasteiger partial charge on any atom is 0.236 e. The molecule has 1 saturated heterocycles. The van der Waals surface area contributed by atoms with Crippen molar-refractivity contribution in [2.24, 2.45) is 5.92 Å². The van der Waals surface area contributed by atoms with Crippen LogP contribution in [0, 0.1) is 5.92 Å². The second-order valence-electron chi connectivity index (χ2n) is 4.75. The molecule has 1 rings (SSSR count). The number of carbonyl (C=O) groups excluding carboxylic acids is 1. The molecule has 4 nitrogen and oxygen atoms in total. The third-order valence-electron chi connectivity index (χ3n) is 3.64. The van der Waals surface area contributed by atoms with E-state index in [0.717, 1.165) is 25.6 Å². The van der Waals surface area contributed by atoms with Crippen molar-refractivity contribution in [2.75, 3.05) is 33.7 Å². The summed E-state index contributed by atoms with van der Waals surface area (Å²) in [5.74, 6) is 0.938. The molecule has 0 aromatic rings. The van der Waals surface area contributed by atoms with Crippen LogP contribution in [-0.4, -0.2) is 50.6 Å². The van der Waals surface area contributed by atoms with Gasteiger partial charge >= 0.3 is 0 Å². The van der Waals surface area contributed by atoms with E-state index in [9.17, 15) is 4.79 Å². The quantitative estimate of drug-likeness (QED) is 0.716. The van der Waals surface area contributed by atoms with E-state index < -0.39 is 0 Å². The molecule has 1 aliphatic rings. The van der Waals surface area contributed by atoms with Crippen LogP contribution in [0.15, 0.2) is 0 Å². The monoisotopic (exact) mass is 227 g/mol. The van der Waals surface area contributed by atoms with Gasteiger partial charge in [-0.15, -0.1) is 0 Å². The number of rotatable bonds is 5. The maximum atomic E-state index is 11.4. The van der Waals surface area contributed by atoms with Gasteiger partial charge in [0.05, 0.1) is 6.04 Å². The second kappa shape index (κ2) is 6.86. The molecule has 16 heavy (non-hydrogen) atoms. The highest BCUT2D eigenvalue weighted by Crippen LogP contribution is 2.16. The highest BCUT2D eigenvalue weighted by Gasteiger charge is 2.18. The summed E-state index contributed by atoms with van der Waals surface area (Å²) >= 11 is 0. The third-order valence-corrected chi connectivity index (χ3v) is 3.64. The SMILES string of the molecule is CNC(=O)C(C)N(C)CCC1CCNCC1. The van der Waals surface area contributed by atoms with Gasteiger partial charge in [0.25, 0.3) is 0 Å². The zero-order valence-electron chi connectivity index (χ0n) is 10.8. The topological polar surface area (TPSA) is 44.4 Å². The predicted molar refractivity (Wildman–Crippen MR) is 66.4 cm³/mol. The van der Waals surface area contributed by atoms with Crippen LogP contribution in [0.2, 0.25) is 0 Å². The summed E-state index contributed by atoms with van der Waals surface area (Å²) in [5, 5.41) is 6.07. The number of hydrogen-bond acceptors (Lipinski definition) is 3. The number of nitrogens with one attached hydrogen (secondary N) is 2. The van der Waals surface area contributed by atoms with E-state index in [1.165, 1.54) is 19.3 Å². The zero-order valence-corrected chi connectivity index (χ0v) is 10.8. The molecule has 1 atom stereocenters. The van der Waals surface area contributed by atoms with Crippen LogP contribution < -0.4 is 10.6 Å². The van der Waals surface area contributed by atoms with E-state index in [4.69, 9.17) is 0 Å². The van der Waals surface area contributed by atoms with Gasteiger partial charge in [0, 0.05) is 7.05 Å². The van der Waals surface area contributed by atoms with E-state index in [1.54, 1.807) is 7.05 Å². The Morgan fingerprint density at radius 2 is 2.12 bits per heavy atom. The Bertz CT molecular complexity index is 214. The number of likely N-dealkylation sites (N-methyl/N-ethyl adjacent to an activating group) is 2. The molecule has 0 aliphatic carbocycles. The van der Waals surface area contributed by atoms with Gasteiger partial charge in [0.15, 0.2) is 0 Å². The third kappa shape index (κ3) is 4.10. The molecule has 1 heterocycles. The van der Waals surface area contributed by atoms with Crippen LogP contribution in [0.5, 0.6) is 0 Å². The van der Waals surface area contributed by atoms with Crippen molar-refractivity contribution >= 4 is 5.91 Å². The number of nitrogens with zero attached hydrogens (tertiary/aromatic N) is 1. The molecule has 4 heteroatoms. The Labute approximate surface area is 98.8 Å². The summed E-state index contributed by atoms with van der Waals surface area (Å²) in [5.41, 5.74) is 0. The Morgan fingerprint density at radius 1 is 1.50 bits per heavy atom. The van der Waals surface area contributed by atoms with Crippen LogP contribution in [0.4, 0.5) is 0 Å². The zero-order chi connectivity index (χ0) is 12.0. The van der Waals surface area contributed by atoms with Gasteiger partial charge in [-0.05, 0) is 58.8 Å². The molecule has 0 bridgehead atoms. The molecule has 1 fully saturated rings. The fraction of sp³-hybridized carbons (Fsp3) is 0.917. The predicted octanol–water partition coefficient (Wildman–Crippen LogP) is 0.442. The molecule has 0 aromatic carbocycles. The molecule has 0 radical (unpaired) electrons. The molecule has 1 aliphatic heterocycles. The van der Waals surface area contributed by atoms with E-state index in [2.05, 4.69) is 15.5 Å². The van der Waals surface area contributed by atoms with Gasteiger partial charge in [0.2, 0.25) is 5.91 Å². The average Bonchev–Trinajstić information content (AvgIpc) is 2.35. The maximum absolute atomic E-state index is 11.4. The van der Waals surface area contributed by atoms with E-state index >= 15 is 0 Å². The lowest BCUT2D eigenvalue weighted by Crippen LogP contribution is -2.42. The first-order chi connectivity index (χ1) is 7.65. The lowest BCUT2D eigenvalue weighted by molar-refractivity contribution is -0.124. The highest BCUT2D eigenvalue weighted by molar-refractivity contribution is 5.80. The molecule has 0 spiro atoms. The van der Waals surface area contributed by atoms with Crippen LogP contribution in [-0.2, 0) is 4.79 Å². The molecule has 94 valence electrons. The summed E-state index contributed by atoms with van der Waals surface area (Å²) in [6.45, 7) is 5.28. The Balaban J connectivity index is 2.22. The van der Waals surface area contributed by atoms with Crippen LogP contribution in [0.1, 0.15) is 26.2 Å². The molecule has 0 aromatic heterocycles. The van der Waals surface area contributed by atoms with Gasteiger partial charge in [-0.1, -0.05) is 0 Å². The standard InChI is InChI=1S/C12H25N3O/c1-10(12(16)13-2)15(3)9-6-11-4-7-14-8-5-11/h10-11,14H,4-9H2,1-3H3,(H,13,16). The molecule has 2 N–H and O–H groups in total. The summed E-state index contributed by atoms with van der Waals surface area (Å²) in [4.78, 5) is 13.6. The highest BCUT2D eigenvalue weighted by atomic mass is 16.2. The van der Waals surface area contributed by atoms with Gasteiger partial charge in [-0.3, -0.25) is 9.69 Å². The molecule has 0 saturated carbocycles. The van der Waals surface area contributed by atoms with Gasteiger partial charge in [-0.25, -0.2) is 0 Å². The first-order valence-electron chi connectivity index (χ1n) is 6.27. The molecule has 1 amide bonds. The van der Waals surface area contributed by atoms with Crippen molar-refractivity contribution in [3.8, 4) is 0 Å². The molecular weight excluding hydrogens is 202 g/mol. The number of amides is 1. The Kier molecular flexibility index (Phi) is 5.77. The minimum Gasteiger partial charge on any atom is -0.358 e. The smallest absolute Gasteiger partial charge is 0.236 e. The number of hydrogen-bond donors (Lipinski definition) is 2. The summed E-state index contributed by atoms with van der Waals surface area (Å²) in [6, 6.07) is -0.0216. The average molecular weight is 227 g/mol. The van der Waals surface area contributed by atoms with Gasteiger partial charge < -0.3 is 10.6 Å². The number of carbonyl (C=O) groups is 1. The van der Waals surface area contributed by atoms with Gasteiger partial charge in [0.1, 0.15) is 0 Å². The fourth-order valence-corrected chi connectivity index (χ4v) is 2.16. The summed E-state index contributed by atoms with van der Waals surface area (Å²) in [7, 11) is 3.72. The fourth-order valence-electron chi connectivity index (χ4n) is 2.16. The van der Waals surface area contributed by atoms with E-state index in [-0.39, 0.29) is 11.9 Å². The van der Waals surface area contributed by atoms with Crippen molar-refractivity contribution in [1.82, 2.24) is 15.5 Å². The first-order valence-corrected chi connectivity index (χ1v) is 6.27. The first kappa shape index (κ1) is 13.5. The summed E-state index contributed by atoms with van der Waals surface area (Å²) in [6.07, 6.45) is 3.77. The molecular formula is C12H25N3O. The minimum atomic E-state index is -0.0216. The van der Waals surface area contributed by atoms with Crippen molar-refractivity contribution in [2.45, 2.75) is 32.2 Å². The number of piperidine rings is 1. The molecule has 1 unspecified atom stereocenters. The van der Waals surface area contributed by atoms with Crippen molar-refractivity contribution < 1.29 is 4.79 Å². The van der Waals surface area contributed by atoms with Crippen LogP contribution >= 0.6 is 0 Å².